The second kappa shape index (κ2) is 8.47. The summed E-state index contributed by atoms with van der Waals surface area (Å²) in [6.07, 6.45) is -0.729. The minimum atomic E-state index is -0.729. The van der Waals surface area contributed by atoms with Crippen molar-refractivity contribution in [3.8, 4) is 0 Å². The molecule has 2 aromatic rings. The highest BCUT2D eigenvalue weighted by molar-refractivity contribution is 6.34. The van der Waals surface area contributed by atoms with E-state index in [1.54, 1.807) is 18.2 Å². The third-order valence-corrected chi connectivity index (χ3v) is 3.71. The van der Waals surface area contributed by atoms with Crippen molar-refractivity contribution < 1.29 is 14.3 Å². The molecule has 5 nitrogen and oxygen atoms in total. The zero-order chi connectivity index (χ0) is 17.5. The molecular weight excluding hydrogens is 328 g/mol. The van der Waals surface area contributed by atoms with Crippen LogP contribution in [0.15, 0.2) is 48.5 Å². The van der Waals surface area contributed by atoms with Crippen LogP contribution >= 0.6 is 11.6 Å². The van der Waals surface area contributed by atoms with Gasteiger partial charge in [0.1, 0.15) is 0 Å². The van der Waals surface area contributed by atoms with Crippen LogP contribution in [0.5, 0.6) is 0 Å². The molecular formula is C18H19ClN2O3. The number of anilines is 1. The Kier molecular flexibility index (Phi) is 6.35. The Bertz CT molecular complexity index is 719. The molecule has 6 heteroatoms. The van der Waals surface area contributed by atoms with Crippen LogP contribution in [0.2, 0.25) is 5.02 Å². The van der Waals surface area contributed by atoms with Crippen molar-refractivity contribution in [2.75, 3.05) is 19.0 Å². The summed E-state index contributed by atoms with van der Waals surface area (Å²) in [6.45, 7) is 2.34. The molecule has 126 valence electrons. The average Bonchev–Trinajstić information content (AvgIpc) is 2.56. The molecule has 0 aliphatic carbocycles. The lowest BCUT2D eigenvalue weighted by atomic mass is 10.1. The number of ether oxygens (including phenoxy) is 1. The van der Waals surface area contributed by atoms with Gasteiger partial charge in [0.15, 0.2) is 6.10 Å². The minimum absolute atomic E-state index is 0.251. The summed E-state index contributed by atoms with van der Waals surface area (Å²) in [6, 6.07) is 13.9. The van der Waals surface area contributed by atoms with Gasteiger partial charge in [-0.3, -0.25) is 9.59 Å². The van der Waals surface area contributed by atoms with Crippen LogP contribution in [-0.4, -0.2) is 25.5 Å². The normalized spacial score (nSPS) is 11.6. The van der Waals surface area contributed by atoms with Crippen molar-refractivity contribution in [2.24, 2.45) is 0 Å². The summed E-state index contributed by atoms with van der Waals surface area (Å²) < 4.78 is 5.29. The predicted molar refractivity (Wildman–Crippen MR) is 94.3 cm³/mol. The smallest absolute Gasteiger partial charge is 0.258 e. The van der Waals surface area contributed by atoms with E-state index in [0.717, 1.165) is 5.56 Å². The molecule has 0 aliphatic rings. The van der Waals surface area contributed by atoms with Crippen molar-refractivity contribution in [1.29, 1.82) is 0 Å². The maximum atomic E-state index is 12.4. The monoisotopic (exact) mass is 346 g/mol. The fraction of sp³-hybridized carbons (Fsp3) is 0.222. The highest BCUT2D eigenvalue weighted by atomic mass is 35.5. The zero-order valence-electron chi connectivity index (χ0n) is 13.5. The predicted octanol–water partition coefficient (Wildman–Crippen LogP) is 3.42. The number of amides is 2. The number of rotatable bonds is 6. The first-order valence-corrected chi connectivity index (χ1v) is 7.91. The van der Waals surface area contributed by atoms with Gasteiger partial charge in [0.25, 0.3) is 11.8 Å². The van der Waals surface area contributed by atoms with E-state index in [2.05, 4.69) is 10.6 Å². The maximum Gasteiger partial charge on any atom is 0.258 e. The Hall–Kier alpha value is -2.37. The standard InChI is InChI=1S/C18H19ClN2O3/c1-3-20-17(22)14-10-9-13(11-15(14)19)21-18(23)16(24-2)12-7-5-4-6-8-12/h4-11,16H,3H2,1-2H3,(H,20,22)(H,21,23)/t16-/m1/s1. The van der Waals surface area contributed by atoms with E-state index in [1.165, 1.54) is 7.11 Å². The lowest BCUT2D eigenvalue weighted by molar-refractivity contribution is -0.126. The van der Waals surface area contributed by atoms with Gasteiger partial charge in [-0.2, -0.15) is 0 Å². The Balaban J connectivity index is 2.14. The molecule has 2 N–H and O–H groups in total. The SMILES string of the molecule is CCNC(=O)c1ccc(NC(=O)[C@H](OC)c2ccccc2)cc1Cl. The van der Waals surface area contributed by atoms with Gasteiger partial charge in [0, 0.05) is 19.3 Å². The fourth-order valence-corrected chi connectivity index (χ4v) is 2.53. The van der Waals surface area contributed by atoms with Gasteiger partial charge in [-0.25, -0.2) is 0 Å². The van der Waals surface area contributed by atoms with Crippen molar-refractivity contribution in [1.82, 2.24) is 5.32 Å². The minimum Gasteiger partial charge on any atom is -0.367 e. The van der Waals surface area contributed by atoms with Crippen LogP contribution < -0.4 is 10.6 Å². The van der Waals surface area contributed by atoms with E-state index < -0.39 is 6.10 Å². The molecule has 0 aliphatic heterocycles. The first-order chi connectivity index (χ1) is 11.6. The number of methoxy groups -OCH3 is 1. The molecule has 0 radical (unpaired) electrons. The van der Waals surface area contributed by atoms with Gasteiger partial charge in [0.2, 0.25) is 0 Å². The summed E-state index contributed by atoms with van der Waals surface area (Å²) >= 11 is 6.13. The second-order valence-electron chi connectivity index (χ2n) is 5.07. The number of hydrogen-bond donors (Lipinski definition) is 2. The van der Waals surface area contributed by atoms with E-state index in [-0.39, 0.29) is 16.8 Å². The quantitative estimate of drug-likeness (QED) is 0.842. The van der Waals surface area contributed by atoms with E-state index in [9.17, 15) is 9.59 Å². The fourth-order valence-electron chi connectivity index (χ4n) is 2.26. The summed E-state index contributed by atoms with van der Waals surface area (Å²) in [5.74, 6) is -0.565. The number of carbonyl (C=O) groups is 2. The number of benzene rings is 2. The van der Waals surface area contributed by atoms with Crippen molar-refractivity contribution >= 4 is 29.1 Å². The van der Waals surface area contributed by atoms with Crippen LogP contribution in [0.3, 0.4) is 0 Å². The highest BCUT2D eigenvalue weighted by Crippen LogP contribution is 2.23. The molecule has 0 bridgehead atoms. The van der Waals surface area contributed by atoms with Gasteiger partial charge in [-0.15, -0.1) is 0 Å². The molecule has 0 saturated heterocycles. The van der Waals surface area contributed by atoms with E-state index in [4.69, 9.17) is 16.3 Å². The van der Waals surface area contributed by atoms with E-state index >= 15 is 0 Å². The first kappa shape index (κ1) is 18.0. The second-order valence-corrected chi connectivity index (χ2v) is 5.48. The molecule has 2 amide bonds. The Morgan fingerprint density at radius 3 is 2.46 bits per heavy atom. The molecule has 2 rings (SSSR count). The molecule has 0 fully saturated rings. The van der Waals surface area contributed by atoms with Crippen LogP contribution in [0.1, 0.15) is 28.9 Å². The Labute approximate surface area is 146 Å². The van der Waals surface area contributed by atoms with Crippen LogP contribution in [0, 0.1) is 0 Å². The summed E-state index contributed by atoms with van der Waals surface area (Å²) in [5.41, 5.74) is 1.61. The lowest BCUT2D eigenvalue weighted by Gasteiger charge is -2.16. The third-order valence-electron chi connectivity index (χ3n) is 3.39. The highest BCUT2D eigenvalue weighted by Gasteiger charge is 2.20. The molecule has 0 saturated carbocycles. The molecule has 0 heterocycles. The third kappa shape index (κ3) is 4.34. The molecule has 0 spiro atoms. The van der Waals surface area contributed by atoms with Crippen LogP contribution in [-0.2, 0) is 9.53 Å². The largest absolute Gasteiger partial charge is 0.367 e. The van der Waals surface area contributed by atoms with Crippen molar-refractivity contribution in [3.63, 3.8) is 0 Å². The molecule has 24 heavy (non-hydrogen) atoms. The number of halogens is 1. The van der Waals surface area contributed by atoms with Gasteiger partial charge in [-0.05, 0) is 30.7 Å². The number of hydrogen-bond acceptors (Lipinski definition) is 3. The Morgan fingerprint density at radius 1 is 1.17 bits per heavy atom. The van der Waals surface area contributed by atoms with Gasteiger partial charge in [-0.1, -0.05) is 41.9 Å². The molecule has 0 unspecified atom stereocenters. The van der Waals surface area contributed by atoms with Gasteiger partial charge < -0.3 is 15.4 Å². The van der Waals surface area contributed by atoms with Crippen molar-refractivity contribution in [2.45, 2.75) is 13.0 Å². The van der Waals surface area contributed by atoms with Crippen LogP contribution in [0.4, 0.5) is 5.69 Å². The van der Waals surface area contributed by atoms with Crippen LogP contribution in [0.25, 0.3) is 0 Å². The maximum absolute atomic E-state index is 12.4. The Morgan fingerprint density at radius 2 is 1.88 bits per heavy atom. The lowest BCUT2D eigenvalue weighted by Crippen LogP contribution is -2.24. The van der Waals surface area contributed by atoms with Gasteiger partial charge in [0.05, 0.1) is 10.6 Å². The van der Waals surface area contributed by atoms with E-state index in [1.807, 2.05) is 37.3 Å². The number of nitrogens with one attached hydrogen (secondary N) is 2. The molecule has 0 aromatic heterocycles. The number of carbonyl (C=O) groups excluding carboxylic acids is 2. The summed E-state index contributed by atoms with van der Waals surface area (Å²) in [7, 11) is 1.47. The average molecular weight is 347 g/mol. The molecule has 2 aromatic carbocycles. The summed E-state index contributed by atoms with van der Waals surface area (Å²) in [4.78, 5) is 24.3. The topological polar surface area (TPSA) is 67.4 Å². The van der Waals surface area contributed by atoms with Crippen molar-refractivity contribution in [3.05, 3.63) is 64.7 Å². The van der Waals surface area contributed by atoms with E-state index in [0.29, 0.717) is 17.8 Å². The van der Waals surface area contributed by atoms with Gasteiger partial charge >= 0.3 is 0 Å². The zero-order valence-corrected chi connectivity index (χ0v) is 14.3. The first-order valence-electron chi connectivity index (χ1n) is 7.53. The molecule has 1 atom stereocenters. The summed E-state index contributed by atoms with van der Waals surface area (Å²) in [5, 5.41) is 5.70.